The van der Waals surface area contributed by atoms with E-state index >= 15 is 0 Å². The highest BCUT2D eigenvalue weighted by Crippen LogP contribution is 2.22. The lowest BCUT2D eigenvalue weighted by Crippen LogP contribution is -2.40. The molecule has 1 fully saturated rings. The highest BCUT2D eigenvalue weighted by Gasteiger charge is 2.31. The van der Waals surface area contributed by atoms with Crippen LogP contribution in [0.1, 0.15) is 51.6 Å². The SMILES string of the molecule is CC(C)(C)OC(=O)N1CCCC1CCNCc1ccc(CO)o1. The van der Waals surface area contributed by atoms with E-state index in [-0.39, 0.29) is 18.7 Å². The van der Waals surface area contributed by atoms with Crippen molar-refractivity contribution < 1.29 is 19.1 Å². The molecule has 1 aromatic heterocycles. The largest absolute Gasteiger partial charge is 0.462 e. The molecule has 0 bridgehead atoms. The average molecular weight is 324 g/mol. The first-order chi connectivity index (χ1) is 10.9. The Balaban J connectivity index is 1.72. The van der Waals surface area contributed by atoms with Gasteiger partial charge in [-0.25, -0.2) is 4.79 Å². The summed E-state index contributed by atoms with van der Waals surface area (Å²) >= 11 is 0. The first kappa shape index (κ1) is 17.8. The first-order valence-corrected chi connectivity index (χ1v) is 8.28. The lowest BCUT2D eigenvalue weighted by Gasteiger charge is -2.28. The number of rotatable bonds is 6. The summed E-state index contributed by atoms with van der Waals surface area (Å²) in [5, 5.41) is 12.3. The van der Waals surface area contributed by atoms with E-state index in [0.717, 1.165) is 38.1 Å². The van der Waals surface area contributed by atoms with Crippen LogP contribution in [0.5, 0.6) is 0 Å². The van der Waals surface area contributed by atoms with Crippen molar-refractivity contribution in [3.8, 4) is 0 Å². The van der Waals surface area contributed by atoms with Crippen LogP contribution in [0, 0.1) is 0 Å². The highest BCUT2D eigenvalue weighted by atomic mass is 16.6. The van der Waals surface area contributed by atoms with E-state index in [0.29, 0.717) is 12.3 Å². The third-order valence-electron chi connectivity index (χ3n) is 3.83. The van der Waals surface area contributed by atoms with Crippen LogP contribution < -0.4 is 5.32 Å². The molecule has 6 nitrogen and oxygen atoms in total. The van der Waals surface area contributed by atoms with Crippen LogP contribution in [0.25, 0.3) is 0 Å². The Morgan fingerprint density at radius 3 is 2.83 bits per heavy atom. The van der Waals surface area contributed by atoms with Gasteiger partial charge in [0, 0.05) is 12.6 Å². The molecule has 1 saturated heterocycles. The lowest BCUT2D eigenvalue weighted by molar-refractivity contribution is 0.0220. The topological polar surface area (TPSA) is 74.9 Å². The van der Waals surface area contributed by atoms with Crippen molar-refractivity contribution in [2.75, 3.05) is 13.1 Å². The molecule has 6 heteroatoms. The highest BCUT2D eigenvalue weighted by molar-refractivity contribution is 5.68. The van der Waals surface area contributed by atoms with Crippen LogP contribution in [0.2, 0.25) is 0 Å². The standard InChI is InChI=1S/C17H28N2O4/c1-17(2,3)23-16(21)19-10-4-5-13(19)8-9-18-11-14-6-7-15(12-20)22-14/h6-7,13,18,20H,4-5,8-12H2,1-3H3. The van der Waals surface area contributed by atoms with E-state index < -0.39 is 5.60 Å². The molecule has 23 heavy (non-hydrogen) atoms. The van der Waals surface area contributed by atoms with E-state index in [1.54, 1.807) is 6.07 Å². The second kappa shape index (κ2) is 7.84. The van der Waals surface area contributed by atoms with E-state index in [2.05, 4.69) is 5.32 Å². The minimum absolute atomic E-state index is 0.0765. The minimum atomic E-state index is -0.452. The van der Waals surface area contributed by atoms with Gasteiger partial charge in [0.15, 0.2) is 0 Å². The summed E-state index contributed by atoms with van der Waals surface area (Å²) in [6, 6.07) is 3.88. The van der Waals surface area contributed by atoms with Gasteiger partial charge < -0.3 is 24.5 Å². The number of amides is 1. The maximum absolute atomic E-state index is 12.2. The third-order valence-corrected chi connectivity index (χ3v) is 3.83. The van der Waals surface area contributed by atoms with Crippen molar-refractivity contribution in [2.45, 2.75) is 64.8 Å². The quantitative estimate of drug-likeness (QED) is 0.787. The van der Waals surface area contributed by atoms with Gasteiger partial charge in [0.05, 0.1) is 6.54 Å². The van der Waals surface area contributed by atoms with Crippen molar-refractivity contribution in [1.82, 2.24) is 10.2 Å². The Hall–Kier alpha value is -1.53. The van der Waals surface area contributed by atoms with Gasteiger partial charge in [0.1, 0.15) is 23.7 Å². The summed E-state index contributed by atoms with van der Waals surface area (Å²) in [5.41, 5.74) is -0.452. The molecule has 0 aromatic carbocycles. The first-order valence-electron chi connectivity index (χ1n) is 8.28. The number of aliphatic hydroxyl groups excluding tert-OH is 1. The van der Waals surface area contributed by atoms with Gasteiger partial charge in [-0.15, -0.1) is 0 Å². The number of ether oxygens (including phenoxy) is 1. The van der Waals surface area contributed by atoms with Crippen molar-refractivity contribution >= 4 is 6.09 Å². The molecule has 0 radical (unpaired) electrons. The van der Waals surface area contributed by atoms with Gasteiger partial charge in [0.25, 0.3) is 0 Å². The van der Waals surface area contributed by atoms with Crippen LogP contribution in [-0.4, -0.2) is 40.8 Å². The van der Waals surface area contributed by atoms with Gasteiger partial charge in [-0.2, -0.15) is 0 Å². The molecule has 2 heterocycles. The molecule has 1 atom stereocenters. The molecule has 2 rings (SSSR count). The second-order valence-electron chi connectivity index (χ2n) is 6.96. The van der Waals surface area contributed by atoms with Crippen LogP contribution in [0.15, 0.2) is 16.5 Å². The van der Waals surface area contributed by atoms with Crippen LogP contribution in [-0.2, 0) is 17.9 Å². The fourth-order valence-electron chi connectivity index (χ4n) is 2.78. The molecule has 0 spiro atoms. The summed E-state index contributed by atoms with van der Waals surface area (Å²) in [5.74, 6) is 1.39. The molecular formula is C17H28N2O4. The van der Waals surface area contributed by atoms with Crippen LogP contribution in [0.3, 0.4) is 0 Å². The van der Waals surface area contributed by atoms with E-state index in [4.69, 9.17) is 14.3 Å². The summed E-state index contributed by atoms with van der Waals surface area (Å²) in [4.78, 5) is 14.1. The number of hydrogen-bond acceptors (Lipinski definition) is 5. The molecule has 2 N–H and O–H groups in total. The van der Waals surface area contributed by atoms with Gasteiger partial charge in [-0.05, 0) is 58.7 Å². The maximum Gasteiger partial charge on any atom is 0.410 e. The summed E-state index contributed by atoms with van der Waals surface area (Å²) in [6.45, 7) is 7.80. The van der Waals surface area contributed by atoms with Crippen LogP contribution >= 0.6 is 0 Å². The number of carbonyl (C=O) groups is 1. The number of nitrogens with zero attached hydrogens (tertiary/aromatic N) is 1. The van der Waals surface area contributed by atoms with Crippen molar-refractivity contribution in [3.05, 3.63) is 23.7 Å². The lowest BCUT2D eigenvalue weighted by atomic mass is 10.1. The molecule has 1 aliphatic heterocycles. The Morgan fingerprint density at radius 2 is 2.17 bits per heavy atom. The monoisotopic (exact) mass is 324 g/mol. The normalized spacial score (nSPS) is 18.4. The fourth-order valence-corrected chi connectivity index (χ4v) is 2.78. The zero-order chi connectivity index (χ0) is 16.9. The fraction of sp³-hybridized carbons (Fsp3) is 0.706. The average Bonchev–Trinajstić information content (AvgIpc) is 3.10. The number of carbonyl (C=O) groups excluding carboxylic acids is 1. The molecule has 1 amide bonds. The number of hydrogen-bond donors (Lipinski definition) is 2. The zero-order valence-electron chi connectivity index (χ0n) is 14.3. The van der Waals surface area contributed by atoms with E-state index in [9.17, 15) is 4.79 Å². The molecule has 1 unspecified atom stereocenters. The van der Waals surface area contributed by atoms with E-state index in [1.807, 2.05) is 31.7 Å². The Kier molecular flexibility index (Phi) is 6.07. The van der Waals surface area contributed by atoms with Gasteiger partial charge in [-0.1, -0.05) is 0 Å². The zero-order valence-corrected chi connectivity index (χ0v) is 14.3. The van der Waals surface area contributed by atoms with Crippen molar-refractivity contribution in [1.29, 1.82) is 0 Å². The number of nitrogens with one attached hydrogen (secondary N) is 1. The number of likely N-dealkylation sites (tertiary alicyclic amines) is 1. The number of aliphatic hydroxyl groups is 1. The molecule has 0 saturated carbocycles. The molecule has 0 aliphatic carbocycles. The van der Waals surface area contributed by atoms with Crippen molar-refractivity contribution in [3.63, 3.8) is 0 Å². The summed E-state index contributed by atoms with van der Waals surface area (Å²) in [7, 11) is 0. The van der Waals surface area contributed by atoms with Gasteiger partial charge in [0.2, 0.25) is 0 Å². The Bertz CT molecular complexity index is 507. The molecule has 1 aliphatic rings. The van der Waals surface area contributed by atoms with Gasteiger partial charge >= 0.3 is 6.09 Å². The predicted molar refractivity (Wildman–Crippen MR) is 86.9 cm³/mol. The molecule has 1 aromatic rings. The van der Waals surface area contributed by atoms with Crippen LogP contribution in [0.4, 0.5) is 4.79 Å². The second-order valence-corrected chi connectivity index (χ2v) is 6.96. The third kappa shape index (κ3) is 5.55. The summed E-state index contributed by atoms with van der Waals surface area (Å²) < 4.78 is 10.9. The summed E-state index contributed by atoms with van der Waals surface area (Å²) in [6.07, 6.45) is 2.74. The maximum atomic E-state index is 12.2. The van der Waals surface area contributed by atoms with Crippen molar-refractivity contribution in [2.24, 2.45) is 0 Å². The van der Waals surface area contributed by atoms with Gasteiger partial charge in [-0.3, -0.25) is 0 Å². The Morgan fingerprint density at radius 1 is 1.43 bits per heavy atom. The van der Waals surface area contributed by atoms with E-state index in [1.165, 1.54) is 0 Å². The smallest absolute Gasteiger partial charge is 0.410 e. The minimum Gasteiger partial charge on any atom is -0.462 e. The predicted octanol–water partition coefficient (Wildman–Crippen LogP) is 2.65. The molecular weight excluding hydrogens is 296 g/mol. The number of furan rings is 1. The Labute approximate surface area is 137 Å². The molecule has 130 valence electrons.